The van der Waals surface area contributed by atoms with Crippen LogP contribution < -0.4 is 14.8 Å². The Kier molecular flexibility index (Phi) is 4.22. The van der Waals surface area contributed by atoms with Crippen LogP contribution in [0.25, 0.3) is 11.1 Å². The molecule has 150 valence electrons. The summed E-state index contributed by atoms with van der Waals surface area (Å²) >= 11 is 0. The highest BCUT2D eigenvalue weighted by Crippen LogP contribution is 2.54. The zero-order valence-corrected chi connectivity index (χ0v) is 17.4. The van der Waals surface area contributed by atoms with Crippen molar-refractivity contribution >= 4 is 5.69 Å². The molecular weight excluding hydrogens is 372 g/mol. The van der Waals surface area contributed by atoms with E-state index in [1.54, 1.807) is 7.11 Å². The Balaban J connectivity index is 1.59. The third kappa shape index (κ3) is 2.74. The lowest BCUT2D eigenvalue weighted by atomic mass is 9.65. The van der Waals surface area contributed by atoms with Gasteiger partial charge in [-0.3, -0.25) is 0 Å². The van der Waals surface area contributed by atoms with Crippen LogP contribution in [0, 0.1) is 17.2 Å². The van der Waals surface area contributed by atoms with Gasteiger partial charge < -0.3 is 14.8 Å². The van der Waals surface area contributed by atoms with E-state index in [-0.39, 0.29) is 17.4 Å². The van der Waals surface area contributed by atoms with E-state index < -0.39 is 0 Å². The number of benzene rings is 3. The molecule has 3 aromatic carbocycles. The fourth-order valence-corrected chi connectivity index (χ4v) is 4.90. The number of nitrogens with zero attached hydrogens (tertiary/aromatic N) is 1. The maximum atomic E-state index is 9.06. The molecule has 4 heteroatoms. The van der Waals surface area contributed by atoms with E-state index in [0.29, 0.717) is 12.2 Å². The lowest BCUT2D eigenvalue weighted by Gasteiger charge is -2.48. The quantitative estimate of drug-likeness (QED) is 0.605. The van der Waals surface area contributed by atoms with E-state index >= 15 is 0 Å². The maximum absolute atomic E-state index is 9.06. The predicted octanol–water partition coefficient (Wildman–Crippen LogP) is 5.69. The summed E-state index contributed by atoms with van der Waals surface area (Å²) in [5.74, 6) is 2.03. The summed E-state index contributed by atoms with van der Waals surface area (Å²) in [5.41, 5.74) is 6.39. The van der Waals surface area contributed by atoms with Gasteiger partial charge in [-0.05, 0) is 53.1 Å². The molecular formula is C26H24N2O2. The van der Waals surface area contributed by atoms with E-state index in [4.69, 9.17) is 14.7 Å². The van der Waals surface area contributed by atoms with Crippen LogP contribution in [0.15, 0.2) is 60.7 Å². The van der Waals surface area contributed by atoms with Gasteiger partial charge in [0.15, 0.2) is 0 Å². The Hall–Kier alpha value is -3.45. The number of anilines is 1. The minimum atomic E-state index is -0.0909. The van der Waals surface area contributed by atoms with Crippen molar-refractivity contribution in [1.82, 2.24) is 0 Å². The molecule has 1 N–H and O–H groups in total. The van der Waals surface area contributed by atoms with E-state index in [0.717, 1.165) is 33.9 Å². The second-order valence-electron chi connectivity index (χ2n) is 8.58. The fraction of sp³-hybridized carbons (Fsp3) is 0.269. The van der Waals surface area contributed by atoms with Crippen LogP contribution in [0.3, 0.4) is 0 Å². The largest absolute Gasteiger partial charge is 0.496 e. The van der Waals surface area contributed by atoms with Gasteiger partial charge in [0.1, 0.15) is 11.5 Å². The molecule has 0 aromatic heterocycles. The highest BCUT2D eigenvalue weighted by Gasteiger charge is 2.47. The first-order valence-corrected chi connectivity index (χ1v) is 10.2. The smallest absolute Gasteiger partial charge is 0.128 e. The topological polar surface area (TPSA) is 54.3 Å². The highest BCUT2D eigenvalue weighted by atomic mass is 16.5. The van der Waals surface area contributed by atoms with Crippen molar-refractivity contribution in [2.75, 3.05) is 19.0 Å². The molecule has 2 atom stereocenters. The number of methoxy groups -OCH3 is 1. The molecule has 0 spiro atoms. The van der Waals surface area contributed by atoms with Gasteiger partial charge in [-0.1, -0.05) is 38.1 Å². The standard InChI is InChI=1S/C26H24N2O2/c1-26(2)19-13-18(17-9-7-16(14-27)8-10-17)11-12-21(19)28-25-20(26)15-30-23-6-4-5-22(29-3)24(23)25/h4-13,20,25,28H,15H2,1-3H3/t20-,25+/m1/s1. The van der Waals surface area contributed by atoms with Crippen LogP contribution in [0.2, 0.25) is 0 Å². The van der Waals surface area contributed by atoms with E-state index in [9.17, 15) is 0 Å². The predicted molar refractivity (Wildman–Crippen MR) is 118 cm³/mol. The van der Waals surface area contributed by atoms with E-state index in [2.05, 4.69) is 43.4 Å². The molecule has 0 unspecified atom stereocenters. The third-order valence-electron chi connectivity index (χ3n) is 6.68. The molecule has 0 aliphatic carbocycles. The monoisotopic (exact) mass is 396 g/mol. The number of hydrogen-bond acceptors (Lipinski definition) is 4. The van der Waals surface area contributed by atoms with Crippen LogP contribution in [0.4, 0.5) is 5.69 Å². The highest BCUT2D eigenvalue weighted by molar-refractivity contribution is 5.72. The molecule has 2 aliphatic rings. The second kappa shape index (κ2) is 6.81. The summed E-state index contributed by atoms with van der Waals surface area (Å²) in [5, 5.41) is 12.8. The molecule has 5 rings (SSSR count). The molecule has 0 fully saturated rings. The first-order chi connectivity index (χ1) is 14.5. The van der Waals surface area contributed by atoms with Gasteiger partial charge in [-0.15, -0.1) is 0 Å². The van der Waals surface area contributed by atoms with Gasteiger partial charge >= 0.3 is 0 Å². The Morgan fingerprint density at radius 3 is 2.57 bits per heavy atom. The third-order valence-corrected chi connectivity index (χ3v) is 6.68. The number of rotatable bonds is 2. The Morgan fingerprint density at radius 1 is 1.07 bits per heavy atom. The summed E-state index contributed by atoms with van der Waals surface area (Å²) in [6, 6.07) is 22.7. The molecule has 2 aliphatic heterocycles. The van der Waals surface area contributed by atoms with Crippen molar-refractivity contribution in [3.05, 3.63) is 77.4 Å². The fourth-order valence-electron chi connectivity index (χ4n) is 4.90. The maximum Gasteiger partial charge on any atom is 0.128 e. The van der Waals surface area contributed by atoms with Crippen molar-refractivity contribution < 1.29 is 9.47 Å². The lowest BCUT2D eigenvalue weighted by molar-refractivity contribution is 0.133. The van der Waals surface area contributed by atoms with Crippen LogP contribution >= 0.6 is 0 Å². The average Bonchev–Trinajstić information content (AvgIpc) is 2.78. The molecule has 0 amide bonds. The number of hydrogen-bond donors (Lipinski definition) is 1. The molecule has 4 nitrogen and oxygen atoms in total. The first-order valence-electron chi connectivity index (χ1n) is 10.2. The van der Waals surface area contributed by atoms with Crippen LogP contribution in [0.5, 0.6) is 11.5 Å². The second-order valence-corrected chi connectivity index (χ2v) is 8.58. The molecule has 0 saturated heterocycles. The summed E-state index contributed by atoms with van der Waals surface area (Å²) in [4.78, 5) is 0. The molecule has 0 radical (unpaired) electrons. The van der Waals surface area contributed by atoms with Crippen molar-refractivity contribution in [2.24, 2.45) is 5.92 Å². The summed E-state index contributed by atoms with van der Waals surface area (Å²) < 4.78 is 11.8. The lowest BCUT2D eigenvalue weighted by Crippen LogP contribution is -2.46. The number of ether oxygens (including phenoxy) is 2. The summed E-state index contributed by atoms with van der Waals surface area (Å²) in [6.45, 7) is 5.26. The minimum Gasteiger partial charge on any atom is -0.496 e. The summed E-state index contributed by atoms with van der Waals surface area (Å²) in [6.07, 6.45) is 0. The Labute approximate surface area is 177 Å². The molecule has 3 aromatic rings. The van der Waals surface area contributed by atoms with Crippen molar-refractivity contribution in [3.63, 3.8) is 0 Å². The van der Waals surface area contributed by atoms with E-state index in [1.165, 1.54) is 5.56 Å². The van der Waals surface area contributed by atoms with Crippen LogP contribution in [0.1, 0.15) is 36.6 Å². The van der Waals surface area contributed by atoms with Crippen molar-refractivity contribution in [1.29, 1.82) is 5.26 Å². The van der Waals surface area contributed by atoms with Crippen molar-refractivity contribution in [3.8, 4) is 28.7 Å². The van der Waals surface area contributed by atoms with Gasteiger partial charge in [0.25, 0.3) is 0 Å². The van der Waals surface area contributed by atoms with Gasteiger partial charge in [0, 0.05) is 17.0 Å². The summed E-state index contributed by atoms with van der Waals surface area (Å²) in [7, 11) is 1.71. The Bertz CT molecular complexity index is 1140. The molecule has 0 bridgehead atoms. The average molecular weight is 396 g/mol. The van der Waals surface area contributed by atoms with Crippen LogP contribution in [-0.2, 0) is 5.41 Å². The molecule has 2 heterocycles. The molecule has 30 heavy (non-hydrogen) atoms. The number of nitrogens with one attached hydrogen (secondary N) is 1. The van der Waals surface area contributed by atoms with E-state index in [1.807, 2.05) is 42.5 Å². The van der Waals surface area contributed by atoms with Gasteiger partial charge in [0.05, 0.1) is 37.0 Å². The molecule has 0 saturated carbocycles. The minimum absolute atomic E-state index is 0.0909. The SMILES string of the molecule is COc1cccc2c1[C@H]1Nc3ccc(-c4ccc(C#N)cc4)cc3C(C)(C)[C@@H]1CO2. The normalized spacial score (nSPS) is 20.5. The number of fused-ring (bicyclic) bond motifs is 4. The van der Waals surface area contributed by atoms with Gasteiger partial charge in [0.2, 0.25) is 0 Å². The van der Waals surface area contributed by atoms with Gasteiger partial charge in [-0.25, -0.2) is 0 Å². The first kappa shape index (κ1) is 18.6. The number of nitriles is 1. The zero-order valence-electron chi connectivity index (χ0n) is 17.4. The van der Waals surface area contributed by atoms with Gasteiger partial charge in [-0.2, -0.15) is 5.26 Å². The van der Waals surface area contributed by atoms with Crippen molar-refractivity contribution in [2.45, 2.75) is 25.3 Å². The van der Waals surface area contributed by atoms with Crippen LogP contribution in [-0.4, -0.2) is 13.7 Å². The zero-order chi connectivity index (χ0) is 20.9. The Morgan fingerprint density at radius 2 is 1.83 bits per heavy atom.